The molecular weight excluding hydrogens is 132 g/mol. The van der Waals surface area contributed by atoms with Crippen molar-refractivity contribution in [2.24, 2.45) is 5.92 Å². The zero-order valence-corrected chi connectivity index (χ0v) is 6.91. The molecule has 54 valence electrons. The van der Waals surface area contributed by atoms with Crippen molar-refractivity contribution in [3.05, 3.63) is 0 Å². The van der Waals surface area contributed by atoms with E-state index in [9.17, 15) is 0 Å². The highest BCUT2D eigenvalue weighted by Gasteiger charge is 2.17. The van der Waals surface area contributed by atoms with Gasteiger partial charge in [-0.15, -0.1) is 0 Å². The largest absolute Gasteiger partial charge is 0.312 e. The summed E-state index contributed by atoms with van der Waals surface area (Å²) in [4.78, 5) is 0. The molecular formula is C7H14OS. The van der Waals surface area contributed by atoms with Gasteiger partial charge in [-0.05, 0) is 30.8 Å². The van der Waals surface area contributed by atoms with Crippen LogP contribution in [0.5, 0.6) is 0 Å². The van der Waals surface area contributed by atoms with E-state index in [-0.39, 0.29) is 0 Å². The van der Waals surface area contributed by atoms with E-state index in [0.717, 1.165) is 0 Å². The lowest BCUT2D eigenvalue weighted by Crippen LogP contribution is -2.20. The molecule has 0 radical (unpaired) electrons. The van der Waals surface area contributed by atoms with Crippen molar-refractivity contribution in [2.45, 2.75) is 32.8 Å². The number of hydrogen-bond donors (Lipinski definition) is 0. The van der Waals surface area contributed by atoms with Crippen LogP contribution >= 0.6 is 12.0 Å². The van der Waals surface area contributed by atoms with E-state index in [1.54, 1.807) is 12.0 Å². The smallest absolute Gasteiger partial charge is 0.0745 e. The van der Waals surface area contributed by atoms with Crippen LogP contribution in [0.3, 0.4) is 0 Å². The van der Waals surface area contributed by atoms with Gasteiger partial charge in [-0.2, -0.15) is 0 Å². The minimum absolute atomic E-state index is 0.517. The third kappa shape index (κ3) is 2.18. The molecule has 1 unspecified atom stereocenters. The van der Waals surface area contributed by atoms with Crippen molar-refractivity contribution in [1.82, 2.24) is 0 Å². The van der Waals surface area contributed by atoms with Gasteiger partial charge >= 0.3 is 0 Å². The summed E-state index contributed by atoms with van der Waals surface area (Å²) in [6, 6.07) is 0. The fourth-order valence-corrected chi connectivity index (χ4v) is 1.85. The Labute approximate surface area is 61.4 Å². The Hall–Kier alpha value is 0.310. The molecule has 1 saturated heterocycles. The Kier molecular flexibility index (Phi) is 2.86. The molecule has 2 heteroatoms. The van der Waals surface area contributed by atoms with Gasteiger partial charge in [0.05, 0.1) is 6.10 Å². The molecule has 0 spiro atoms. The van der Waals surface area contributed by atoms with E-state index in [0.29, 0.717) is 12.0 Å². The van der Waals surface area contributed by atoms with Gasteiger partial charge in [0.1, 0.15) is 0 Å². The lowest BCUT2D eigenvalue weighted by molar-refractivity contribution is 0.161. The van der Waals surface area contributed by atoms with Crippen LogP contribution in [0.15, 0.2) is 0 Å². The summed E-state index contributed by atoms with van der Waals surface area (Å²) >= 11 is 1.63. The molecule has 1 atom stereocenters. The van der Waals surface area contributed by atoms with Crippen LogP contribution in [0.25, 0.3) is 0 Å². The second kappa shape index (κ2) is 3.47. The molecule has 0 aromatic carbocycles. The lowest BCUT2D eigenvalue weighted by atomic mass is 10.0. The fourth-order valence-electron chi connectivity index (χ4n) is 0.972. The van der Waals surface area contributed by atoms with Gasteiger partial charge in [0.25, 0.3) is 0 Å². The first kappa shape index (κ1) is 7.42. The lowest BCUT2D eigenvalue weighted by Gasteiger charge is -2.23. The van der Waals surface area contributed by atoms with Crippen LogP contribution < -0.4 is 0 Å². The molecule has 0 amide bonds. The first-order chi connectivity index (χ1) is 4.30. The second-order valence-electron chi connectivity index (χ2n) is 2.84. The Morgan fingerprint density at radius 2 is 2.33 bits per heavy atom. The van der Waals surface area contributed by atoms with Crippen LogP contribution in [-0.4, -0.2) is 11.9 Å². The maximum absolute atomic E-state index is 5.46. The summed E-state index contributed by atoms with van der Waals surface area (Å²) < 4.78 is 5.46. The highest BCUT2D eigenvalue weighted by Crippen LogP contribution is 2.25. The van der Waals surface area contributed by atoms with Crippen molar-refractivity contribution in [1.29, 1.82) is 0 Å². The normalized spacial score (nSPS) is 29.0. The Morgan fingerprint density at radius 3 is 2.67 bits per heavy atom. The van der Waals surface area contributed by atoms with Gasteiger partial charge in [0, 0.05) is 5.75 Å². The quantitative estimate of drug-likeness (QED) is 0.525. The molecule has 1 rings (SSSR count). The Morgan fingerprint density at radius 1 is 1.56 bits per heavy atom. The maximum atomic E-state index is 5.46. The molecule has 1 heterocycles. The van der Waals surface area contributed by atoms with Gasteiger partial charge in [0.2, 0.25) is 0 Å². The summed E-state index contributed by atoms with van der Waals surface area (Å²) in [5.41, 5.74) is 0. The van der Waals surface area contributed by atoms with Gasteiger partial charge < -0.3 is 4.18 Å². The van der Waals surface area contributed by atoms with Gasteiger partial charge in [-0.3, -0.25) is 0 Å². The first-order valence-electron chi connectivity index (χ1n) is 3.59. The molecule has 1 aliphatic heterocycles. The van der Waals surface area contributed by atoms with Gasteiger partial charge in [0.15, 0.2) is 0 Å². The van der Waals surface area contributed by atoms with E-state index in [1.165, 1.54) is 18.6 Å². The monoisotopic (exact) mass is 146 g/mol. The Bertz CT molecular complexity index is 77.0. The first-order valence-corrected chi connectivity index (χ1v) is 4.50. The van der Waals surface area contributed by atoms with E-state index >= 15 is 0 Å². The zero-order chi connectivity index (χ0) is 6.69. The van der Waals surface area contributed by atoms with Crippen molar-refractivity contribution >= 4 is 12.0 Å². The molecule has 0 saturated carbocycles. The molecule has 1 nitrogen and oxygen atoms in total. The van der Waals surface area contributed by atoms with E-state index in [1.807, 2.05) is 0 Å². The highest BCUT2D eigenvalue weighted by atomic mass is 32.2. The standard InChI is InChI=1S/C7H14OS/c1-6(2)7-4-3-5-9-8-7/h6-7H,3-5H2,1-2H3. The summed E-state index contributed by atoms with van der Waals surface area (Å²) in [5.74, 6) is 1.88. The predicted octanol–water partition coefficient (Wildman–Crippen LogP) is 2.47. The van der Waals surface area contributed by atoms with Crippen LogP contribution in [0, 0.1) is 5.92 Å². The third-order valence-corrected chi connectivity index (χ3v) is 2.49. The predicted molar refractivity (Wildman–Crippen MR) is 41.4 cm³/mol. The zero-order valence-electron chi connectivity index (χ0n) is 6.09. The highest BCUT2D eigenvalue weighted by molar-refractivity contribution is 7.94. The number of rotatable bonds is 1. The minimum atomic E-state index is 0.517. The SMILES string of the molecule is CC(C)C1CCCSO1. The molecule has 1 aliphatic rings. The summed E-state index contributed by atoms with van der Waals surface area (Å²) in [6.07, 6.45) is 3.10. The van der Waals surface area contributed by atoms with Crippen molar-refractivity contribution in [3.8, 4) is 0 Å². The van der Waals surface area contributed by atoms with Gasteiger partial charge in [-0.25, -0.2) is 0 Å². The molecule has 9 heavy (non-hydrogen) atoms. The van der Waals surface area contributed by atoms with Crippen LogP contribution in [-0.2, 0) is 4.18 Å². The van der Waals surface area contributed by atoms with Crippen molar-refractivity contribution in [2.75, 3.05) is 5.75 Å². The molecule has 1 fully saturated rings. The Balaban J connectivity index is 2.23. The van der Waals surface area contributed by atoms with E-state index in [4.69, 9.17) is 4.18 Å². The minimum Gasteiger partial charge on any atom is -0.312 e. The van der Waals surface area contributed by atoms with Gasteiger partial charge in [-0.1, -0.05) is 13.8 Å². The average Bonchev–Trinajstić information content (AvgIpc) is 1.90. The molecule has 0 aliphatic carbocycles. The molecule has 0 N–H and O–H groups in total. The van der Waals surface area contributed by atoms with Crippen LogP contribution in [0.2, 0.25) is 0 Å². The van der Waals surface area contributed by atoms with Crippen LogP contribution in [0.4, 0.5) is 0 Å². The fraction of sp³-hybridized carbons (Fsp3) is 1.00. The van der Waals surface area contributed by atoms with Crippen molar-refractivity contribution in [3.63, 3.8) is 0 Å². The topological polar surface area (TPSA) is 9.23 Å². The average molecular weight is 146 g/mol. The maximum Gasteiger partial charge on any atom is 0.0745 e. The van der Waals surface area contributed by atoms with Crippen molar-refractivity contribution < 1.29 is 4.18 Å². The van der Waals surface area contributed by atoms with Crippen LogP contribution in [0.1, 0.15) is 26.7 Å². The summed E-state index contributed by atoms with van der Waals surface area (Å²) in [7, 11) is 0. The third-order valence-electron chi connectivity index (χ3n) is 1.65. The molecule has 0 bridgehead atoms. The molecule has 0 aromatic heterocycles. The second-order valence-corrected chi connectivity index (χ2v) is 3.68. The summed E-state index contributed by atoms with van der Waals surface area (Å²) in [6.45, 7) is 4.44. The van der Waals surface area contributed by atoms with E-state index < -0.39 is 0 Å². The van der Waals surface area contributed by atoms with E-state index in [2.05, 4.69) is 13.8 Å². The summed E-state index contributed by atoms with van der Waals surface area (Å²) in [5, 5.41) is 0. The number of hydrogen-bond acceptors (Lipinski definition) is 2. The molecule has 0 aromatic rings.